The summed E-state index contributed by atoms with van der Waals surface area (Å²) in [6.45, 7) is 4.17. The number of imidazole rings is 1. The van der Waals surface area contributed by atoms with Crippen molar-refractivity contribution in [3.05, 3.63) is 29.6 Å². The molecule has 0 bridgehead atoms. The highest BCUT2D eigenvalue weighted by Gasteiger charge is 2.27. The van der Waals surface area contributed by atoms with Crippen molar-refractivity contribution in [2.45, 2.75) is 38.5 Å². The molecule has 1 saturated carbocycles. The number of benzene rings is 1. The van der Waals surface area contributed by atoms with Crippen molar-refractivity contribution >= 4 is 11.0 Å². The van der Waals surface area contributed by atoms with Crippen molar-refractivity contribution in [2.75, 3.05) is 0 Å². The fraction of sp³-hybridized carbons (Fsp3) is 0.467. The maximum Gasteiger partial charge on any atom is 0.110 e. The second kappa shape index (κ2) is 4.13. The van der Waals surface area contributed by atoms with E-state index in [-0.39, 0.29) is 5.92 Å². The Morgan fingerprint density at radius 1 is 1.39 bits per heavy atom. The SMILES string of the molecule is CC(C)C(C#N)c1ccc2nc(C3CC3)[nH]c2c1. The monoisotopic (exact) mass is 239 g/mol. The second-order valence-corrected chi connectivity index (χ2v) is 5.52. The van der Waals surface area contributed by atoms with E-state index in [1.165, 1.54) is 12.8 Å². The van der Waals surface area contributed by atoms with Gasteiger partial charge in [0.15, 0.2) is 0 Å². The van der Waals surface area contributed by atoms with E-state index in [9.17, 15) is 5.26 Å². The Balaban J connectivity index is 2.02. The van der Waals surface area contributed by atoms with E-state index in [4.69, 9.17) is 0 Å². The lowest BCUT2D eigenvalue weighted by Crippen LogP contribution is -2.03. The van der Waals surface area contributed by atoms with Gasteiger partial charge in [0, 0.05) is 5.92 Å². The topological polar surface area (TPSA) is 52.5 Å². The summed E-state index contributed by atoms with van der Waals surface area (Å²) < 4.78 is 0. The molecular formula is C15H17N3. The lowest BCUT2D eigenvalue weighted by atomic mass is 9.90. The maximum atomic E-state index is 9.25. The third-order valence-corrected chi connectivity index (χ3v) is 3.65. The number of nitrogens with zero attached hydrogens (tertiary/aromatic N) is 2. The zero-order chi connectivity index (χ0) is 12.7. The van der Waals surface area contributed by atoms with Gasteiger partial charge in [0.05, 0.1) is 23.0 Å². The van der Waals surface area contributed by atoms with Gasteiger partial charge in [0.2, 0.25) is 0 Å². The van der Waals surface area contributed by atoms with Crippen molar-refractivity contribution in [1.82, 2.24) is 9.97 Å². The third-order valence-electron chi connectivity index (χ3n) is 3.65. The average Bonchev–Trinajstić information content (AvgIpc) is 3.10. The zero-order valence-corrected chi connectivity index (χ0v) is 10.8. The van der Waals surface area contributed by atoms with E-state index in [0.717, 1.165) is 22.4 Å². The van der Waals surface area contributed by atoms with Crippen molar-refractivity contribution in [2.24, 2.45) is 5.92 Å². The normalized spacial score (nSPS) is 17.0. The summed E-state index contributed by atoms with van der Waals surface area (Å²) in [5.74, 6) is 2.04. The summed E-state index contributed by atoms with van der Waals surface area (Å²) in [5, 5.41) is 9.25. The lowest BCUT2D eigenvalue weighted by Gasteiger charge is -2.12. The summed E-state index contributed by atoms with van der Waals surface area (Å²) in [4.78, 5) is 8.00. The molecule has 1 N–H and O–H groups in total. The van der Waals surface area contributed by atoms with Gasteiger partial charge in [-0.25, -0.2) is 4.98 Å². The van der Waals surface area contributed by atoms with Crippen LogP contribution in [0.25, 0.3) is 11.0 Å². The molecule has 1 atom stereocenters. The molecule has 1 fully saturated rings. The quantitative estimate of drug-likeness (QED) is 0.887. The second-order valence-electron chi connectivity index (χ2n) is 5.52. The molecular weight excluding hydrogens is 222 g/mol. The number of nitriles is 1. The van der Waals surface area contributed by atoms with Crippen LogP contribution in [-0.4, -0.2) is 9.97 Å². The zero-order valence-electron chi connectivity index (χ0n) is 10.8. The van der Waals surface area contributed by atoms with Gasteiger partial charge < -0.3 is 4.98 Å². The minimum atomic E-state index is -0.0397. The van der Waals surface area contributed by atoms with E-state index in [2.05, 4.69) is 36.0 Å². The Morgan fingerprint density at radius 2 is 2.17 bits per heavy atom. The number of aromatic amines is 1. The Hall–Kier alpha value is -1.82. The fourth-order valence-corrected chi connectivity index (χ4v) is 2.40. The maximum absolute atomic E-state index is 9.25. The molecule has 2 aromatic rings. The fourth-order valence-electron chi connectivity index (χ4n) is 2.40. The molecule has 1 aromatic heterocycles. The summed E-state index contributed by atoms with van der Waals surface area (Å²) in [6, 6.07) is 8.54. The Kier molecular flexibility index (Phi) is 2.59. The van der Waals surface area contributed by atoms with E-state index in [1.54, 1.807) is 0 Å². The van der Waals surface area contributed by atoms with E-state index >= 15 is 0 Å². The number of H-pyrrole nitrogens is 1. The largest absolute Gasteiger partial charge is 0.342 e. The molecule has 1 unspecified atom stereocenters. The summed E-state index contributed by atoms with van der Waals surface area (Å²) in [5.41, 5.74) is 3.17. The van der Waals surface area contributed by atoms with Crippen molar-refractivity contribution < 1.29 is 0 Å². The minimum Gasteiger partial charge on any atom is -0.342 e. The standard InChI is InChI=1S/C15H17N3/c1-9(2)12(8-16)11-5-6-13-14(7-11)18-15(17-13)10-3-4-10/h5-7,9-10,12H,3-4H2,1-2H3,(H,17,18). The van der Waals surface area contributed by atoms with Crippen LogP contribution in [0.1, 0.15) is 49.9 Å². The molecule has 0 radical (unpaired) electrons. The molecule has 18 heavy (non-hydrogen) atoms. The van der Waals surface area contributed by atoms with Crippen LogP contribution in [0.4, 0.5) is 0 Å². The molecule has 0 saturated heterocycles. The van der Waals surface area contributed by atoms with Crippen LogP contribution in [-0.2, 0) is 0 Å². The van der Waals surface area contributed by atoms with Crippen molar-refractivity contribution in [3.63, 3.8) is 0 Å². The summed E-state index contributed by atoms with van der Waals surface area (Å²) in [7, 11) is 0. The highest BCUT2D eigenvalue weighted by molar-refractivity contribution is 5.76. The molecule has 92 valence electrons. The lowest BCUT2D eigenvalue weighted by molar-refractivity contribution is 0.588. The van der Waals surface area contributed by atoms with Gasteiger partial charge in [-0.05, 0) is 36.5 Å². The summed E-state index contributed by atoms with van der Waals surface area (Å²) in [6.07, 6.45) is 2.50. The van der Waals surface area contributed by atoms with Crippen LogP contribution in [0.3, 0.4) is 0 Å². The Morgan fingerprint density at radius 3 is 2.78 bits per heavy atom. The van der Waals surface area contributed by atoms with Crippen LogP contribution in [0.5, 0.6) is 0 Å². The van der Waals surface area contributed by atoms with Crippen LogP contribution in [0.2, 0.25) is 0 Å². The Bertz CT molecular complexity index is 614. The van der Waals surface area contributed by atoms with Gasteiger partial charge in [-0.3, -0.25) is 0 Å². The highest BCUT2D eigenvalue weighted by Crippen LogP contribution is 2.39. The van der Waals surface area contributed by atoms with Crippen LogP contribution >= 0.6 is 0 Å². The number of aromatic nitrogens is 2. The Labute approximate surface area is 107 Å². The first-order valence-corrected chi connectivity index (χ1v) is 6.58. The molecule has 3 nitrogen and oxygen atoms in total. The predicted octanol–water partition coefficient (Wildman–Crippen LogP) is 3.70. The predicted molar refractivity (Wildman–Crippen MR) is 71.3 cm³/mol. The van der Waals surface area contributed by atoms with E-state index in [0.29, 0.717) is 11.8 Å². The van der Waals surface area contributed by atoms with Gasteiger partial charge in [0.1, 0.15) is 5.82 Å². The molecule has 0 aliphatic heterocycles. The first kappa shape index (κ1) is 11.3. The van der Waals surface area contributed by atoms with Crippen molar-refractivity contribution in [1.29, 1.82) is 5.26 Å². The molecule has 1 aromatic carbocycles. The number of fused-ring (bicyclic) bond motifs is 1. The van der Waals surface area contributed by atoms with Crippen LogP contribution in [0.15, 0.2) is 18.2 Å². The van der Waals surface area contributed by atoms with E-state index < -0.39 is 0 Å². The number of hydrogen-bond donors (Lipinski definition) is 1. The first-order chi connectivity index (χ1) is 8.69. The van der Waals surface area contributed by atoms with Gasteiger partial charge >= 0.3 is 0 Å². The number of nitrogens with one attached hydrogen (secondary N) is 1. The van der Waals surface area contributed by atoms with Crippen LogP contribution < -0.4 is 0 Å². The molecule has 1 heterocycles. The average molecular weight is 239 g/mol. The van der Waals surface area contributed by atoms with Gasteiger partial charge in [-0.15, -0.1) is 0 Å². The number of hydrogen-bond acceptors (Lipinski definition) is 2. The molecule has 3 heteroatoms. The molecule has 0 spiro atoms. The molecule has 3 rings (SSSR count). The third kappa shape index (κ3) is 1.88. The van der Waals surface area contributed by atoms with Crippen molar-refractivity contribution in [3.8, 4) is 6.07 Å². The highest BCUT2D eigenvalue weighted by atomic mass is 14.9. The van der Waals surface area contributed by atoms with E-state index in [1.807, 2.05) is 12.1 Å². The summed E-state index contributed by atoms with van der Waals surface area (Å²) >= 11 is 0. The smallest absolute Gasteiger partial charge is 0.110 e. The minimum absolute atomic E-state index is 0.0397. The van der Waals surface area contributed by atoms with Gasteiger partial charge in [-0.1, -0.05) is 19.9 Å². The first-order valence-electron chi connectivity index (χ1n) is 6.58. The molecule has 0 amide bonds. The molecule has 1 aliphatic carbocycles. The molecule has 1 aliphatic rings. The van der Waals surface area contributed by atoms with Gasteiger partial charge in [0.25, 0.3) is 0 Å². The number of rotatable bonds is 3. The van der Waals surface area contributed by atoms with Gasteiger partial charge in [-0.2, -0.15) is 5.26 Å². The van der Waals surface area contributed by atoms with Crippen LogP contribution in [0, 0.1) is 17.2 Å².